The van der Waals surface area contributed by atoms with Crippen molar-refractivity contribution in [3.05, 3.63) is 21.4 Å². The van der Waals surface area contributed by atoms with Crippen LogP contribution in [0.15, 0.2) is 6.07 Å². The summed E-state index contributed by atoms with van der Waals surface area (Å²) in [7, 11) is 0. The van der Waals surface area contributed by atoms with E-state index in [-0.39, 0.29) is 11.9 Å². The summed E-state index contributed by atoms with van der Waals surface area (Å²) in [6.45, 7) is 7.78. The predicted molar refractivity (Wildman–Crippen MR) is 92.7 cm³/mol. The third-order valence-electron chi connectivity index (χ3n) is 4.87. The van der Waals surface area contributed by atoms with Crippen molar-refractivity contribution in [1.82, 2.24) is 10.2 Å². The van der Waals surface area contributed by atoms with Crippen molar-refractivity contribution in [2.75, 3.05) is 19.6 Å². The molecule has 2 atom stereocenters. The van der Waals surface area contributed by atoms with E-state index in [1.54, 1.807) is 11.3 Å². The summed E-state index contributed by atoms with van der Waals surface area (Å²) in [6, 6.07) is 2.35. The molecule has 1 aliphatic carbocycles. The molecular weight excluding hydrogens is 292 g/mol. The van der Waals surface area contributed by atoms with E-state index in [1.165, 1.54) is 49.2 Å². The van der Waals surface area contributed by atoms with E-state index in [9.17, 15) is 4.79 Å². The summed E-state index contributed by atoms with van der Waals surface area (Å²) in [5.74, 6) is 0.914. The van der Waals surface area contributed by atoms with Gasteiger partial charge in [-0.1, -0.05) is 6.92 Å². The highest BCUT2D eigenvalue weighted by atomic mass is 32.1. The second-order valence-corrected chi connectivity index (χ2v) is 8.28. The van der Waals surface area contributed by atoms with Gasteiger partial charge in [-0.3, -0.25) is 4.79 Å². The SMILES string of the molecule is CC1CCCN(CC(C)NC(=O)c2cc3c(s2)CCCC3)C1. The highest BCUT2D eigenvalue weighted by Crippen LogP contribution is 2.29. The van der Waals surface area contributed by atoms with Gasteiger partial charge in [0.05, 0.1) is 4.88 Å². The van der Waals surface area contributed by atoms with Crippen LogP contribution in [-0.4, -0.2) is 36.5 Å². The first kappa shape index (κ1) is 16.0. The lowest BCUT2D eigenvalue weighted by atomic mass is 9.99. The number of nitrogens with one attached hydrogen (secondary N) is 1. The molecule has 1 aromatic heterocycles. The Morgan fingerprint density at radius 2 is 2.23 bits per heavy atom. The molecule has 2 heterocycles. The zero-order chi connectivity index (χ0) is 15.5. The number of fused-ring (bicyclic) bond motifs is 1. The van der Waals surface area contributed by atoms with Crippen molar-refractivity contribution >= 4 is 17.2 Å². The molecule has 2 unspecified atom stereocenters. The van der Waals surface area contributed by atoms with Gasteiger partial charge in [-0.2, -0.15) is 0 Å². The maximum absolute atomic E-state index is 12.5. The molecule has 0 saturated carbocycles. The maximum Gasteiger partial charge on any atom is 0.261 e. The van der Waals surface area contributed by atoms with Gasteiger partial charge in [-0.25, -0.2) is 0 Å². The first-order valence-corrected chi connectivity index (χ1v) is 9.58. The molecule has 22 heavy (non-hydrogen) atoms. The number of amides is 1. The molecule has 2 aliphatic rings. The van der Waals surface area contributed by atoms with Gasteiger partial charge in [-0.15, -0.1) is 11.3 Å². The Morgan fingerprint density at radius 1 is 1.41 bits per heavy atom. The van der Waals surface area contributed by atoms with E-state index in [1.807, 2.05) is 0 Å². The van der Waals surface area contributed by atoms with Gasteiger partial charge >= 0.3 is 0 Å². The van der Waals surface area contributed by atoms with Crippen LogP contribution in [0, 0.1) is 5.92 Å². The predicted octanol–water partition coefficient (Wildman–Crippen LogP) is 3.48. The third-order valence-corrected chi connectivity index (χ3v) is 6.11. The Bertz CT molecular complexity index is 502. The van der Waals surface area contributed by atoms with Crippen LogP contribution in [0.2, 0.25) is 0 Å². The fourth-order valence-corrected chi connectivity index (χ4v) is 4.94. The van der Waals surface area contributed by atoms with Crippen molar-refractivity contribution in [1.29, 1.82) is 0 Å². The van der Waals surface area contributed by atoms with Gasteiger partial charge in [0.15, 0.2) is 0 Å². The summed E-state index contributed by atoms with van der Waals surface area (Å²) in [4.78, 5) is 17.3. The lowest BCUT2D eigenvalue weighted by molar-refractivity contribution is 0.0924. The van der Waals surface area contributed by atoms with Crippen LogP contribution in [0.3, 0.4) is 0 Å². The van der Waals surface area contributed by atoms with E-state index in [0.717, 1.165) is 30.2 Å². The molecule has 1 aromatic rings. The molecular formula is C18H28N2OS. The van der Waals surface area contributed by atoms with Crippen molar-refractivity contribution in [3.63, 3.8) is 0 Å². The minimum atomic E-state index is 0.122. The largest absolute Gasteiger partial charge is 0.348 e. The lowest BCUT2D eigenvalue weighted by Gasteiger charge is -2.32. The Morgan fingerprint density at radius 3 is 3.00 bits per heavy atom. The zero-order valence-corrected chi connectivity index (χ0v) is 14.7. The topological polar surface area (TPSA) is 32.3 Å². The maximum atomic E-state index is 12.5. The molecule has 122 valence electrons. The quantitative estimate of drug-likeness (QED) is 0.921. The van der Waals surface area contributed by atoms with Gasteiger partial charge in [0.1, 0.15) is 0 Å². The fraction of sp³-hybridized carbons (Fsp3) is 0.722. The molecule has 3 rings (SSSR count). The second-order valence-electron chi connectivity index (χ2n) is 7.15. The van der Waals surface area contributed by atoms with Crippen LogP contribution in [0.5, 0.6) is 0 Å². The molecule has 0 radical (unpaired) electrons. The third kappa shape index (κ3) is 3.90. The van der Waals surface area contributed by atoms with Gasteiger partial charge in [0, 0.05) is 24.0 Å². The van der Waals surface area contributed by atoms with Crippen molar-refractivity contribution in [3.8, 4) is 0 Å². The van der Waals surface area contributed by atoms with Gasteiger partial charge in [0.25, 0.3) is 5.91 Å². The number of piperidine rings is 1. The summed E-state index contributed by atoms with van der Waals surface area (Å²) in [5.41, 5.74) is 1.42. The minimum absolute atomic E-state index is 0.122. The van der Waals surface area contributed by atoms with Crippen LogP contribution in [0.1, 0.15) is 59.6 Å². The molecule has 4 heteroatoms. The molecule has 1 N–H and O–H groups in total. The van der Waals surface area contributed by atoms with E-state index in [4.69, 9.17) is 0 Å². The standard InChI is InChI=1S/C18H28N2OS/c1-13-6-5-9-20(11-13)12-14(2)19-18(21)17-10-15-7-3-4-8-16(15)22-17/h10,13-14H,3-9,11-12H2,1-2H3,(H,19,21). The molecule has 1 saturated heterocycles. The molecule has 1 fully saturated rings. The highest BCUT2D eigenvalue weighted by molar-refractivity contribution is 7.14. The average Bonchev–Trinajstić information content (AvgIpc) is 2.91. The summed E-state index contributed by atoms with van der Waals surface area (Å²) >= 11 is 1.71. The Kier molecular flexibility index (Phi) is 5.19. The number of carbonyl (C=O) groups excluding carboxylic acids is 1. The summed E-state index contributed by atoms with van der Waals surface area (Å²) < 4.78 is 0. The summed E-state index contributed by atoms with van der Waals surface area (Å²) in [5, 5.41) is 3.20. The number of hydrogen-bond donors (Lipinski definition) is 1. The second kappa shape index (κ2) is 7.14. The van der Waals surface area contributed by atoms with Crippen LogP contribution in [0.4, 0.5) is 0 Å². The van der Waals surface area contributed by atoms with Crippen LogP contribution >= 0.6 is 11.3 Å². The normalized spacial score (nSPS) is 23.8. The van der Waals surface area contributed by atoms with Crippen LogP contribution in [-0.2, 0) is 12.8 Å². The number of hydrogen-bond acceptors (Lipinski definition) is 3. The van der Waals surface area contributed by atoms with Crippen LogP contribution < -0.4 is 5.32 Å². The van der Waals surface area contributed by atoms with Gasteiger partial charge in [-0.05, 0) is 69.5 Å². The first-order valence-electron chi connectivity index (χ1n) is 8.76. The van der Waals surface area contributed by atoms with E-state index >= 15 is 0 Å². The number of rotatable bonds is 4. The monoisotopic (exact) mass is 320 g/mol. The molecule has 3 nitrogen and oxygen atoms in total. The highest BCUT2D eigenvalue weighted by Gasteiger charge is 2.21. The number of aryl methyl sites for hydroxylation is 2. The molecule has 0 spiro atoms. The molecule has 1 amide bonds. The minimum Gasteiger partial charge on any atom is -0.348 e. The molecule has 0 bridgehead atoms. The van der Waals surface area contributed by atoms with Gasteiger partial charge < -0.3 is 10.2 Å². The van der Waals surface area contributed by atoms with E-state index < -0.39 is 0 Å². The van der Waals surface area contributed by atoms with Gasteiger partial charge in [0.2, 0.25) is 0 Å². The average molecular weight is 321 g/mol. The van der Waals surface area contributed by atoms with Crippen molar-refractivity contribution in [2.45, 2.75) is 58.4 Å². The molecule has 1 aliphatic heterocycles. The Labute approximate surface area is 138 Å². The number of nitrogens with zero attached hydrogens (tertiary/aromatic N) is 1. The number of likely N-dealkylation sites (tertiary alicyclic amines) is 1. The fourth-order valence-electron chi connectivity index (χ4n) is 3.78. The van der Waals surface area contributed by atoms with Crippen molar-refractivity contribution in [2.24, 2.45) is 5.92 Å². The summed E-state index contributed by atoms with van der Waals surface area (Å²) in [6.07, 6.45) is 7.50. The number of thiophene rings is 1. The van der Waals surface area contributed by atoms with E-state index in [2.05, 4.69) is 30.1 Å². The van der Waals surface area contributed by atoms with Crippen LogP contribution in [0.25, 0.3) is 0 Å². The van der Waals surface area contributed by atoms with Crippen molar-refractivity contribution < 1.29 is 4.79 Å². The Balaban J connectivity index is 1.53. The smallest absolute Gasteiger partial charge is 0.261 e. The van der Waals surface area contributed by atoms with E-state index in [0.29, 0.717) is 0 Å². The molecule has 0 aromatic carbocycles. The lowest BCUT2D eigenvalue weighted by Crippen LogP contribution is -2.45. The Hall–Kier alpha value is -0.870. The first-order chi connectivity index (χ1) is 10.6. The zero-order valence-electron chi connectivity index (χ0n) is 13.9. The number of carbonyl (C=O) groups is 1.